The van der Waals surface area contributed by atoms with Crippen molar-refractivity contribution >= 4 is 0 Å². The second-order valence-corrected chi connectivity index (χ2v) is 3.39. The predicted molar refractivity (Wildman–Crippen MR) is 47.7 cm³/mol. The molecule has 4 nitrogen and oxygen atoms in total. The highest BCUT2D eigenvalue weighted by molar-refractivity contribution is 5.12. The molecule has 1 aliphatic carbocycles. The van der Waals surface area contributed by atoms with Crippen molar-refractivity contribution in [1.82, 2.24) is 10.2 Å². The summed E-state index contributed by atoms with van der Waals surface area (Å²) in [4.78, 5) is 10.8. The zero-order valence-electron chi connectivity index (χ0n) is 7.32. The van der Waals surface area contributed by atoms with Crippen LogP contribution in [0.15, 0.2) is 17.1 Å². The number of H-pyrrole nitrogens is 1. The molecule has 13 heavy (non-hydrogen) atoms. The second-order valence-electron chi connectivity index (χ2n) is 3.39. The van der Waals surface area contributed by atoms with E-state index in [1.165, 1.54) is 31.5 Å². The molecule has 0 aliphatic heterocycles. The van der Waals surface area contributed by atoms with Crippen molar-refractivity contribution in [1.29, 1.82) is 0 Å². The molecule has 0 radical (unpaired) electrons. The quantitative estimate of drug-likeness (QED) is 0.753. The van der Waals surface area contributed by atoms with Gasteiger partial charge in [-0.1, -0.05) is 6.42 Å². The minimum atomic E-state index is -0.217. The lowest BCUT2D eigenvalue weighted by molar-refractivity contribution is 0.180. The normalized spacial score (nSPS) is 16.6. The fourth-order valence-electron chi connectivity index (χ4n) is 1.31. The Kier molecular flexibility index (Phi) is 2.29. The first-order valence-corrected chi connectivity index (χ1v) is 4.52. The summed E-state index contributed by atoms with van der Waals surface area (Å²) in [5.74, 6) is 1.25. The van der Waals surface area contributed by atoms with E-state index in [9.17, 15) is 4.79 Å². The van der Waals surface area contributed by atoms with Crippen LogP contribution in [0.3, 0.4) is 0 Å². The largest absolute Gasteiger partial charge is 0.491 e. The monoisotopic (exact) mass is 180 g/mol. The maximum Gasteiger partial charge on any atom is 0.267 e. The lowest BCUT2D eigenvalue weighted by Crippen LogP contribution is -2.20. The van der Waals surface area contributed by atoms with Crippen LogP contribution >= 0.6 is 0 Å². The fourth-order valence-corrected chi connectivity index (χ4v) is 1.31. The highest BCUT2D eigenvalue weighted by Gasteiger charge is 2.17. The molecule has 1 saturated carbocycles. The van der Waals surface area contributed by atoms with E-state index in [4.69, 9.17) is 4.74 Å². The molecule has 1 fully saturated rings. The van der Waals surface area contributed by atoms with Crippen LogP contribution in [-0.4, -0.2) is 16.8 Å². The molecular weight excluding hydrogens is 168 g/mol. The van der Waals surface area contributed by atoms with Gasteiger partial charge in [-0.3, -0.25) is 4.79 Å². The Labute approximate surface area is 75.9 Å². The van der Waals surface area contributed by atoms with E-state index < -0.39 is 0 Å². The van der Waals surface area contributed by atoms with Gasteiger partial charge in [0.15, 0.2) is 0 Å². The lowest BCUT2D eigenvalue weighted by Gasteiger charge is -2.24. The summed E-state index contributed by atoms with van der Waals surface area (Å²) >= 11 is 0. The summed E-state index contributed by atoms with van der Waals surface area (Å²) in [7, 11) is 0. The molecule has 0 atom stereocenters. The Bertz CT molecular complexity index is 330. The van der Waals surface area contributed by atoms with E-state index >= 15 is 0 Å². The van der Waals surface area contributed by atoms with Gasteiger partial charge in [-0.25, -0.2) is 5.10 Å². The maximum absolute atomic E-state index is 10.8. The average molecular weight is 180 g/mol. The summed E-state index contributed by atoms with van der Waals surface area (Å²) in [6, 6.07) is 1.42. The molecule has 4 heteroatoms. The van der Waals surface area contributed by atoms with Gasteiger partial charge in [-0.15, -0.1) is 0 Å². The van der Waals surface area contributed by atoms with Crippen LogP contribution in [0, 0.1) is 5.92 Å². The van der Waals surface area contributed by atoms with Crippen molar-refractivity contribution < 1.29 is 4.74 Å². The third-order valence-corrected chi connectivity index (χ3v) is 2.35. The van der Waals surface area contributed by atoms with E-state index in [-0.39, 0.29) is 5.56 Å². The Morgan fingerprint density at radius 3 is 3.08 bits per heavy atom. The first-order chi connectivity index (χ1) is 6.34. The SMILES string of the molecule is O=c1cc(OCC2CCC2)cn[nH]1. The first-order valence-electron chi connectivity index (χ1n) is 4.52. The smallest absolute Gasteiger partial charge is 0.267 e. The van der Waals surface area contributed by atoms with Crippen LogP contribution in [-0.2, 0) is 0 Å². The number of hydrogen-bond donors (Lipinski definition) is 1. The van der Waals surface area contributed by atoms with Gasteiger partial charge in [-0.05, 0) is 18.8 Å². The predicted octanol–water partition coefficient (Wildman–Crippen LogP) is 0.949. The summed E-state index contributed by atoms with van der Waals surface area (Å²) in [6.07, 6.45) is 5.33. The fraction of sp³-hybridized carbons (Fsp3) is 0.556. The van der Waals surface area contributed by atoms with Gasteiger partial charge < -0.3 is 4.74 Å². The zero-order valence-corrected chi connectivity index (χ0v) is 7.32. The molecule has 1 aromatic heterocycles. The van der Waals surface area contributed by atoms with Crippen LogP contribution in [0.1, 0.15) is 19.3 Å². The molecule has 1 N–H and O–H groups in total. The van der Waals surface area contributed by atoms with E-state index in [1.807, 2.05) is 0 Å². The Morgan fingerprint density at radius 2 is 2.46 bits per heavy atom. The van der Waals surface area contributed by atoms with Crippen molar-refractivity contribution in [3.05, 3.63) is 22.6 Å². The van der Waals surface area contributed by atoms with Gasteiger partial charge in [0.2, 0.25) is 0 Å². The zero-order chi connectivity index (χ0) is 9.10. The molecule has 0 unspecified atom stereocenters. The molecule has 70 valence electrons. The molecule has 2 rings (SSSR count). The topological polar surface area (TPSA) is 55.0 Å². The standard InChI is InChI=1S/C9H12N2O2/c12-9-4-8(5-10-11-9)13-6-7-2-1-3-7/h4-5,7H,1-3,6H2,(H,11,12). The Hall–Kier alpha value is -1.32. The number of aromatic amines is 1. The molecular formula is C9H12N2O2. The van der Waals surface area contributed by atoms with Crippen molar-refractivity contribution in [2.45, 2.75) is 19.3 Å². The molecule has 0 saturated heterocycles. The van der Waals surface area contributed by atoms with Crippen molar-refractivity contribution in [3.8, 4) is 5.75 Å². The van der Waals surface area contributed by atoms with Crippen LogP contribution in [0.4, 0.5) is 0 Å². The molecule has 0 amide bonds. The lowest BCUT2D eigenvalue weighted by atomic mass is 9.86. The number of ether oxygens (including phenoxy) is 1. The molecule has 1 aromatic rings. The van der Waals surface area contributed by atoms with Gasteiger partial charge in [-0.2, -0.15) is 5.10 Å². The second kappa shape index (κ2) is 3.60. The summed E-state index contributed by atoms with van der Waals surface area (Å²) in [5.41, 5.74) is -0.217. The highest BCUT2D eigenvalue weighted by Crippen LogP contribution is 2.26. The van der Waals surface area contributed by atoms with Gasteiger partial charge in [0.1, 0.15) is 5.75 Å². The highest BCUT2D eigenvalue weighted by atomic mass is 16.5. The number of nitrogens with one attached hydrogen (secondary N) is 1. The third kappa shape index (κ3) is 2.08. The Morgan fingerprint density at radius 1 is 1.62 bits per heavy atom. The number of aromatic nitrogens is 2. The summed E-state index contributed by atoms with van der Waals surface area (Å²) < 4.78 is 5.41. The van der Waals surface area contributed by atoms with Crippen LogP contribution in [0.25, 0.3) is 0 Å². The third-order valence-electron chi connectivity index (χ3n) is 2.35. The molecule has 0 aromatic carbocycles. The Balaban J connectivity index is 1.89. The van der Waals surface area contributed by atoms with E-state index in [1.54, 1.807) is 0 Å². The van der Waals surface area contributed by atoms with Crippen LogP contribution in [0.2, 0.25) is 0 Å². The average Bonchev–Trinajstić information content (AvgIpc) is 2.01. The van der Waals surface area contributed by atoms with Gasteiger partial charge in [0.05, 0.1) is 12.8 Å². The number of rotatable bonds is 3. The van der Waals surface area contributed by atoms with Crippen molar-refractivity contribution in [3.63, 3.8) is 0 Å². The molecule has 0 bridgehead atoms. The first kappa shape index (κ1) is 8.29. The summed E-state index contributed by atoms with van der Waals surface area (Å²) in [6.45, 7) is 0.713. The molecule has 0 spiro atoms. The minimum absolute atomic E-state index is 0.217. The van der Waals surface area contributed by atoms with E-state index in [0.717, 1.165) is 0 Å². The number of nitrogens with zero attached hydrogens (tertiary/aromatic N) is 1. The van der Waals surface area contributed by atoms with Gasteiger partial charge >= 0.3 is 0 Å². The van der Waals surface area contributed by atoms with Gasteiger partial charge in [0, 0.05) is 6.07 Å². The molecule has 1 aliphatic rings. The maximum atomic E-state index is 10.8. The van der Waals surface area contributed by atoms with E-state index in [2.05, 4.69) is 10.2 Å². The van der Waals surface area contributed by atoms with Gasteiger partial charge in [0.25, 0.3) is 5.56 Å². The minimum Gasteiger partial charge on any atom is -0.491 e. The number of hydrogen-bond acceptors (Lipinski definition) is 3. The summed E-state index contributed by atoms with van der Waals surface area (Å²) in [5, 5.41) is 5.95. The van der Waals surface area contributed by atoms with Crippen LogP contribution in [0.5, 0.6) is 5.75 Å². The molecule has 1 heterocycles. The van der Waals surface area contributed by atoms with Crippen molar-refractivity contribution in [2.24, 2.45) is 5.92 Å². The van der Waals surface area contributed by atoms with Crippen LogP contribution < -0.4 is 10.3 Å². The van der Waals surface area contributed by atoms with Crippen molar-refractivity contribution in [2.75, 3.05) is 6.61 Å². The van der Waals surface area contributed by atoms with E-state index in [0.29, 0.717) is 18.3 Å².